The van der Waals surface area contributed by atoms with Crippen LogP contribution in [0, 0.1) is 0 Å². The quantitative estimate of drug-likeness (QED) is 0.784. The Morgan fingerprint density at radius 1 is 1.04 bits per heavy atom. The summed E-state index contributed by atoms with van der Waals surface area (Å²) >= 11 is 0. The lowest BCUT2D eigenvalue weighted by molar-refractivity contribution is 0.0532. The fourth-order valence-corrected chi connectivity index (χ4v) is 3.20. The predicted molar refractivity (Wildman–Crippen MR) is 95.4 cm³/mol. The Bertz CT molecular complexity index is 937. The predicted octanol–water partition coefficient (Wildman–Crippen LogP) is 2.37. The summed E-state index contributed by atoms with van der Waals surface area (Å²) in [5.74, 6) is 0.615. The first-order valence-electron chi connectivity index (χ1n) is 8.43. The Kier molecular flexibility index (Phi) is 4.12. The number of aromatic nitrogens is 1. The van der Waals surface area contributed by atoms with Crippen molar-refractivity contribution in [1.82, 2.24) is 14.8 Å². The normalized spacial score (nSPS) is 14.7. The molecule has 0 atom stereocenters. The second kappa shape index (κ2) is 6.59. The third kappa shape index (κ3) is 2.92. The van der Waals surface area contributed by atoms with Crippen LogP contribution in [0.3, 0.4) is 0 Å². The molecular formula is C19H19N3O4. The van der Waals surface area contributed by atoms with Crippen molar-refractivity contribution in [3.63, 3.8) is 0 Å². The highest BCUT2D eigenvalue weighted by molar-refractivity contribution is 5.98. The Morgan fingerprint density at radius 2 is 1.77 bits per heavy atom. The molecule has 1 aliphatic heterocycles. The molecule has 0 unspecified atom stereocenters. The van der Waals surface area contributed by atoms with Gasteiger partial charge in [0.15, 0.2) is 0 Å². The maximum Gasteiger partial charge on any atom is 0.270 e. The van der Waals surface area contributed by atoms with E-state index in [-0.39, 0.29) is 11.8 Å². The van der Waals surface area contributed by atoms with Crippen LogP contribution in [0.5, 0.6) is 5.75 Å². The Balaban J connectivity index is 1.44. The minimum absolute atomic E-state index is 0.0597. The first-order chi connectivity index (χ1) is 12.7. The molecule has 134 valence electrons. The molecule has 1 saturated heterocycles. The van der Waals surface area contributed by atoms with Crippen molar-refractivity contribution in [3.05, 3.63) is 54.1 Å². The molecular weight excluding hydrogens is 334 g/mol. The van der Waals surface area contributed by atoms with Crippen molar-refractivity contribution in [1.29, 1.82) is 0 Å². The molecule has 1 aliphatic rings. The van der Waals surface area contributed by atoms with Gasteiger partial charge in [-0.25, -0.2) is 0 Å². The zero-order chi connectivity index (χ0) is 18.1. The number of fused-ring (bicyclic) bond motifs is 1. The van der Waals surface area contributed by atoms with E-state index < -0.39 is 0 Å². The molecule has 2 aromatic heterocycles. The molecule has 3 aromatic rings. The van der Waals surface area contributed by atoms with Gasteiger partial charge in [-0.05, 0) is 24.3 Å². The van der Waals surface area contributed by atoms with Crippen molar-refractivity contribution in [3.8, 4) is 5.75 Å². The molecule has 0 aliphatic carbocycles. The zero-order valence-electron chi connectivity index (χ0n) is 14.4. The number of carbonyl (C=O) groups excluding carboxylic acids is 2. The third-order valence-electron chi connectivity index (χ3n) is 4.68. The van der Waals surface area contributed by atoms with Crippen LogP contribution in [0.15, 0.2) is 47.3 Å². The maximum atomic E-state index is 12.8. The second-order valence-corrected chi connectivity index (χ2v) is 6.23. The minimum atomic E-state index is -0.0662. The van der Waals surface area contributed by atoms with E-state index in [1.54, 1.807) is 23.0 Å². The van der Waals surface area contributed by atoms with Gasteiger partial charge < -0.3 is 23.9 Å². The summed E-state index contributed by atoms with van der Waals surface area (Å²) in [5, 5.41) is 0.961. The van der Waals surface area contributed by atoms with Gasteiger partial charge in [-0.3, -0.25) is 9.59 Å². The number of ether oxygens (including phenoxy) is 1. The minimum Gasteiger partial charge on any atom is -0.497 e. The molecule has 3 heterocycles. The van der Waals surface area contributed by atoms with Gasteiger partial charge in [0.25, 0.3) is 11.8 Å². The average Bonchev–Trinajstić information content (AvgIpc) is 3.36. The molecule has 0 spiro atoms. The second-order valence-electron chi connectivity index (χ2n) is 6.23. The molecule has 7 heteroatoms. The number of carbonyl (C=O) groups is 2. The zero-order valence-corrected chi connectivity index (χ0v) is 14.4. The molecule has 4 rings (SSSR count). The average molecular weight is 353 g/mol. The fourth-order valence-electron chi connectivity index (χ4n) is 3.20. The van der Waals surface area contributed by atoms with Gasteiger partial charge in [0.1, 0.15) is 17.7 Å². The van der Waals surface area contributed by atoms with Crippen LogP contribution in [0.4, 0.5) is 0 Å². The number of hydrogen-bond donors (Lipinski definition) is 1. The number of benzene rings is 1. The summed E-state index contributed by atoms with van der Waals surface area (Å²) in [6, 6.07) is 9.15. The highest BCUT2D eigenvalue weighted by Crippen LogP contribution is 2.22. The van der Waals surface area contributed by atoms with Crippen LogP contribution >= 0.6 is 0 Å². The molecule has 0 radical (unpaired) electrons. The smallest absolute Gasteiger partial charge is 0.270 e. The van der Waals surface area contributed by atoms with Crippen LogP contribution in [-0.2, 0) is 0 Å². The number of aromatic amines is 1. The molecule has 7 nitrogen and oxygen atoms in total. The number of piperazine rings is 1. The molecule has 1 fully saturated rings. The summed E-state index contributed by atoms with van der Waals surface area (Å²) in [4.78, 5) is 31.8. The molecule has 0 saturated carbocycles. The Hall–Kier alpha value is -3.22. The lowest BCUT2D eigenvalue weighted by Crippen LogP contribution is -2.50. The SMILES string of the molecule is COc1ccc2cc(C(=O)N3CCN(C(=O)c4ccoc4)CC3)[nH]c2c1. The highest BCUT2D eigenvalue weighted by Gasteiger charge is 2.26. The van der Waals surface area contributed by atoms with Gasteiger partial charge >= 0.3 is 0 Å². The van der Waals surface area contributed by atoms with Crippen molar-refractivity contribution in [2.75, 3.05) is 33.3 Å². The Labute approximate surface area is 150 Å². The van der Waals surface area contributed by atoms with E-state index in [9.17, 15) is 9.59 Å². The number of methoxy groups -OCH3 is 1. The number of furan rings is 1. The number of amides is 2. The maximum absolute atomic E-state index is 12.8. The van der Waals surface area contributed by atoms with Crippen LogP contribution in [-0.4, -0.2) is 59.9 Å². The number of nitrogens with one attached hydrogen (secondary N) is 1. The topological polar surface area (TPSA) is 78.8 Å². The largest absolute Gasteiger partial charge is 0.497 e. The lowest BCUT2D eigenvalue weighted by atomic mass is 10.2. The van der Waals surface area contributed by atoms with Crippen LogP contribution in [0.2, 0.25) is 0 Å². The Morgan fingerprint density at radius 3 is 2.42 bits per heavy atom. The fraction of sp³-hybridized carbons (Fsp3) is 0.263. The van der Waals surface area contributed by atoms with E-state index in [1.165, 1.54) is 12.5 Å². The van der Waals surface area contributed by atoms with E-state index in [0.717, 1.165) is 16.7 Å². The van der Waals surface area contributed by atoms with E-state index in [4.69, 9.17) is 9.15 Å². The summed E-state index contributed by atoms with van der Waals surface area (Å²) < 4.78 is 10.2. The van der Waals surface area contributed by atoms with E-state index in [1.807, 2.05) is 24.3 Å². The van der Waals surface area contributed by atoms with Gasteiger partial charge in [0.05, 0.1) is 18.9 Å². The third-order valence-corrected chi connectivity index (χ3v) is 4.68. The van der Waals surface area contributed by atoms with Crippen molar-refractivity contribution < 1.29 is 18.7 Å². The lowest BCUT2D eigenvalue weighted by Gasteiger charge is -2.34. The van der Waals surface area contributed by atoms with Crippen molar-refractivity contribution in [2.45, 2.75) is 0 Å². The number of rotatable bonds is 3. The van der Waals surface area contributed by atoms with E-state index >= 15 is 0 Å². The molecule has 1 N–H and O–H groups in total. The van der Waals surface area contributed by atoms with E-state index in [0.29, 0.717) is 37.4 Å². The molecule has 26 heavy (non-hydrogen) atoms. The van der Waals surface area contributed by atoms with Crippen LogP contribution in [0.1, 0.15) is 20.8 Å². The summed E-state index contributed by atoms with van der Waals surface area (Å²) in [7, 11) is 1.61. The van der Waals surface area contributed by atoms with Gasteiger partial charge in [0.2, 0.25) is 0 Å². The van der Waals surface area contributed by atoms with Crippen LogP contribution < -0.4 is 4.74 Å². The molecule has 1 aromatic carbocycles. The monoisotopic (exact) mass is 353 g/mol. The number of hydrogen-bond acceptors (Lipinski definition) is 4. The molecule has 2 amide bonds. The number of H-pyrrole nitrogens is 1. The summed E-state index contributed by atoms with van der Waals surface area (Å²) in [6.07, 6.45) is 2.93. The van der Waals surface area contributed by atoms with Crippen LogP contribution in [0.25, 0.3) is 10.9 Å². The number of nitrogens with zero attached hydrogens (tertiary/aromatic N) is 2. The standard InChI is InChI=1S/C19H19N3O4/c1-25-15-3-2-13-10-17(20-16(13)11-15)19(24)22-7-5-21(6-8-22)18(23)14-4-9-26-12-14/h2-4,9-12,20H,5-8H2,1H3. The first kappa shape index (κ1) is 16.3. The first-order valence-corrected chi connectivity index (χ1v) is 8.43. The van der Waals surface area contributed by atoms with E-state index in [2.05, 4.69) is 4.98 Å². The van der Waals surface area contributed by atoms with Crippen molar-refractivity contribution in [2.24, 2.45) is 0 Å². The highest BCUT2D eigenvalue weighted by atomic mass is 16.5. The van der Waals surface area contributed by atoms with Gasteiger partial charge in [-0.15, -0.1) is 0 Å². The summed E-state index contributed by atoms with van der Waals surface area (Å²) in [5.41, 5.74) is 1.94. The van der Waals surface area contributed by atoms with Gasteiger partial charge in [-0.2, -0.15) is 0 Å². The van der Waals surface area contributed by atoms with Gasteiger partial charge in [0, 0.05) is 43.1 Å². The van der Waals surface area contributed by atoms with Gasteiger partial charge in [-0.1, -0.05) is 0 Å². The molecule has 0 bridgehead atoms. The summed E-state index contributed by atoms with van der Waals surface area (Å²) in [6.45, 7) is 2.01. The van der Waals surface area contributed by atoms with Crippen molar-refractivity contribution >= 4 is 22.7 Å².